The molecule has 210 valence electrons. The van der Waals surface area contributed by atoms with E-state index in [9.17, 15) is 22.4 Å². The molecule has 0 N–H and O–H groups in total. The summed E-state index contributed by atoms with van der Waals surface area (Å²) in [5.74, 6) is -0.412. The first-order valence-corrected chi connectivity index (χ1v) is 14.0. The lowest BCUT2D eigenvalue weighted by atomic mass is 10.1. The maximum atomic E-state index is 13.3. The van der Waals surface area contributed by atoms with E-state index in [1.807, 2.05) is 45.0 Å². The van der Waals surface area contributed by atoms with Crippen LogP contribution in [0.25, 0.3) is 0 Å². The minimum Gasteiger partial charge on any atom is -0.443 e. The van der Waals surface area contributed by atoms with Crippen molar-refractivity contribution in [3.05, 3.63) is 76.6 Å². The highest BCUT2D eigenvalue weighted by atomic mass is 35.5. The van der Waals surface area contributed by atoms with Gasteiger partial charge in [0.25, 0.3) is 0 Å². The summed E-state index contributed by atoms with van der Waals surface area (Å²) >= 11 is 5.90. The number of amidine groups is 1. The van der Waals surface area contributed by atoms with E-state index in [1.165, 1.54) is 29.0 Å². The number of carbonyl (C=O) groups is 2. The molecule has 1 aliphatic rings. The molecule has 2 amide bonds. The number of hydrogen-bond donors (Lipinski definition) is 0. The van der Waals surface area contributed by atoms with Crippen LogP contribution in [0.3, 0.4) is 0 Å². The number of halogens is 2. The van der Waals surface area contributed by atoms with Gasteiger partial charge >= 0.3 is 6.09 Å². The Morgan fingerprint density at radius 2 is 1.82 bits per heavy atom. The lowest BCUT2D eigenvalue weighted by Crippen LogP contribution is -2.39. The summed E-state index contributed by atoms with van der Waals surface area (Å²) in [5, 5.41) is -0.217. The number of aliphatic imine (C=N–C) groups is 1. The van der Waals surface area contributed by atoms with Gasteiger partial charge in [0.15, 0.2) is 0 Å². The number of likely N-dealkylation sites (N-methyl/N-ethyl adjacent to an activating group) is 2. The Morgan fingerprint density at radius 1 is 1.15 bits per heavy atom. The summed E-state index contributed by atoms with van der Waals surface area (Å²) in [4.78, 5) is 32.3. The molecule has 0 saturated heterocycles. The van der Waals surface area contributed by atoms with E-state index in [1.54, 1.807) is 7.05 Å². The third-order valence-corrected chi connectivity index (χ3v) is 7.97. The zero-order chi connectivity index (χ0) is 29.0. The largest absolute Gasteiger partial charge is 0.443 e. The van der Waals surface area contributed by atoms with Gasteiger partial charge in [0.05, 0.1) is 18.1 Å². The molecule has 9 nitrogen and oxygen atoms in total. The molecule has 3 rings (SSSR count). The molecular weight excluding hydrogens is 547 g/mol. The molecule has 0 unspecified atom stereocenters. The van der Waals surface area contributed by atoms with E-state index < -0.39 is 27.5 Å². The number of carbonyl (C=O) groups excluding carboxylic acids is 2. The normalized spacial score (nSPS) is 14.2. The van der Waals surface area contributed by atoms with E-state index in [-0.39, 0.29) is 22.4 Å². The van der Waals surface area contributed by atoms with Crippen molar-refractivity contribution in [1.82, 2.24) is 14.1 Å². The van der Waals surface area contributed by atoms with Gasteiger partial charge in [-0.2, -0.15) is 4.31 Å². The smallest absolute Gasteiger partial charge is 0.416 e. The lowest BCUT2D eigenvalue weighted by Gasteiger charge is -2.25. The van der Waals surface area contributed by atoms with Crippen molar-refractivity contribution < 1.29 is 27.1 Å². The minimum absolute atomic E-state index is 0.0828. The fraction of sp³-hybridized carbons (Fsp3) is 0.370. The highest BCUT2D eigenvalue weighted by Gasteiger charge is 2.29. The van der Waals surface area contributed by atoms with Crippen molar-refractivity contribution in [1.29, 1.82) is 0 Å². The maximum Gasteiger partial charge on any atom is 0.416 e. The van der Waals surface area contributed by atoms with Crippen molar-refractivity contribution in [2.45, 2.75) is 37.8 Å². The van der Waals surface area contributed by atoms with Crippen LogP contribution in [0.2, 0.25) is 5.02 Å². The van der Waals surface area contributed by atoms with Gasteiger partial charge in [-0.25, -0.2) is 17.6 Å². The molecular formula is C27H32ClFN4O5S. The summed E-state index contributed by atoms with van der Waals surface area (Å²) < 4.78 is 45.2. The van der Waals surface area contributed by atoms with Gasteiger partial charge in [0, 0.05) is 38.8 Å². The molecule has 0 bridgehead atoms. The first kappa shape index (κ1) is 30.3. The second-order valence-electron chi connectivity index (χ2n) is 9.99. The van der Waals surface area contributed by atoms with Crippen LogP contribution in [0.4, 0.5) is 9.18 Å². The Labute approximate surface area is 233 Å². The summed E-state index contributed by atoms with van der Waals surface area (Å²) in [6, 6.07) is 10.4. The predicted octanol–water partition coefficient (Wildman–Crippen LogP) is 4.31. The molecule has 0 radical (unpaired) electrons. The summed E-state index contributed by atoms with van der Waals surface area (Å²) in [6.07, 6.45) is 2.28. The molecule has 2 aromatic rings. The van der Waals surface area contributed by atoms with E-state index in [4.69, 9.17) is 16.3 Å². The van der Waals surface area contributed by atoms with Crippen LogP contribution in [-0.4, -0.2) is 79.7 Å². The van der Waals surface area contributed by atoms with Crippen LogP contribution >= 0.6 is 11.6 Å². The summed E-state index contributed by atoms with van der Waals surface area (Å²) in [7, 11) is -0.996. The zero-order valence-corrected chi connectivity index (χ0v) is 24.1. The average molecular weight is 579 g/mol. The van der Waals surface area contributed by atoms with Crippen LogP contribution < -0.4 is 0 Å². The van der Waals surface area contributed by atoms with E-state index >= 15 is 0 Å². The third-order valence-electron chi connectivity index (χ3n) is 5.67. The van der Waals surface area contributed by atoms with Crippen LogP contribution in [0.1, 0.15) is 31.9 Å². The second-order valence-corrected chi connectivity index (χ2v) is 12.4. The molecule has 12 heteroatoms. The highest BCUT2D eigenvalue weighted by Crippen LogP contribution is 2.25. The maximum absolute atomic E-state index is 13.3. The van der Waals surface area contributed by atoms with Gasteiger partial charge in [-0.15, -0.1) is 0 Å². The summed E-state index contributed by atoms with van der Waals surface area (Å²) in [6.45, 7) is 6.60. The van der Waals surface area contributed by atoms with E-state index in [2.05, 4.69) is 4.99 Å². The molecule has 0 aliphatic carbocycles. The molecule has 1 heterocycles. The van der Waals surface area contributed by atoms with Gasteiger partial charge in [-0.1, -0.05) is 41.9 Å². The van der Waals surface area contributed by atoms with Crippen molar-refractivity contribution in [3.8, 4) is 0 Å². The molecule has 1 aliphatic heterocycles. The third kappa shape index (κ3) is 7.87. The van der Waals surface area contributed by atoms with E-state index in [0.29, 0.717) is 25.5 Å². The molecule has 39 heavy (non-hydrogen) atoms. The standard InChI is InChI=1S/C27H32ClFN4O5S/c1-27(2,3)38-26(35)33-16-14-30-25(33)20-10-8-19(9-11-20)18-31(4)24(34)7-6-15-32(5)39(36,37)23-13-12-21(29)17-22(23)28/h6-13,17H,14-16,18H2,1-5H3. The monoisotopic (exact) mass is 578 g/mol. The fourth-order valence-corrected chi connectivity index (χ4v) is 5.30. The van der Waals surface area contributed by atoms with Crippen LogP contribution in [-0.2, 0) is 26.1 Å². The van der Waals surface area contributed by atoms with Gasteiger partial charge in [-0.3, -0.25) is 14.7 Å². The van der Waals surface area contributed by atoms with Crippen LogP contribution in [0.5, 0.6) is 0 Å². The average Bonchev–Trinajstić information content (AvgIpc) is 3.33. The molecule has 0 aromatic heterocycles. The Balaban J connectivity index is 1.57. The summed E-state index contributed by atoms with van der Waals surface area (Å²) in [5.41, 5.74) is 1.01. The number of nitrogens with zero attached hydrogens (tertiary/aromatic N) is 4. The molecule has 0 fully saturated rings. The first-order chi connectivity index (χ1) is 18.2. The Morgan fingerprint density at radius 3 is 2.44 bits per heavy atom. The number of ether oxygens (including phenoxy) is 1. The van der Waals surface area contributed by atoms with Gasteiger partial charge in [-0.05, 0) is 44.5 Å². The van der Waals surface area contributed by atoms with Gasteiger partial charge in [0.1, 0.15) is 22.1 Å². The second kappa shape index (κ2) is 12.3. The molecule has 0 atom stereocenters. The number of hydrogen-bond acceptors (Lipinski definition) is 6. The van der Waals surface area contributed by atoms with Gasteiger partial charge in [0.2, 0.25) is 15.9 Å². The quantitative estimate of drug-likeness (QED) is 0.435. The Kier molecular flexibility index (Phi) is 9.52. The fourth-order valence-electron chi connectivity index (χ4n) is 3.68. The number of sulfonamides is 1. The number of amides is 2. The topological polar surface area (TPSA) is 99.6 Å². The van der Waals surface area contributed by atoms with E-state index in [0.717, 1.165) is 33.6 Å². The SMILES string of the molecule is CN(Cc1ccc(C2=NCCN2C(=O)OC(C)(C)C)cc1)C(=O)C=CCN(C)S(=O)(=O)c1ccc(F)cc1Cl. The Hall–Kier alpha value is -3.28. The number of benzene rings is 2. The van der Waals surface area contributed by atoms with Crippen molar-refractivity contribution >= 4 is 39.5 Å². The molecule has 0 saturated carbocycles. The van der Waals surface area contributed by atoms with Crippen molar-refractivity contribution in [2.75, 3.05) is 33.7 Å². The van der Waals surface area contributed by atoms with Crippen molar-refractivity contribution in [3.63, 3.8) is 0 Å². The van der Waals surface area contributed by atoms with Crippen molar-refractivity contribution in [2.24, 2.45) is 4.99 Å². The highest BCUT2D eigenvalue weighted by molar-refractivity contribution is 7.89. The number of rotatable bonds is 8. The molecule has 0 spiro atoms. The Bertz CT molecular complexity index is 1390. The minimum atomic E-state index is -3.97. The first-order valence-electron chi connectivity index (χ1n) is 12.2. The predicted molar refractivity (Wildman–Crippen MR) is 148 cm³/mol. The van der Waals surface area contributed by atoms with Crippen LogP contribution in [0.15, 0.2) is 64.5 Å². The van der Waals surface area contributed by atoms with Gasteiger partial charge < -0.3 is 9.64 Å². The molecule has 2 aromatic carbocycles. The lowest BCUT2D eigenvalue weighted by molar-refractivity contribution is -0.125. The zero-order valence-electron chi connectivity index (χ0n) is 22.5. The van der Waals surface area contributed by atoms with Crippen LogP contribution in [0, 0.1) is 5.82 Å².